The molecule has 1 amide bonds. The lowest BCUT2D eigenvalue weighted by molar-refractivity contribution is -0.139. The average Bonchev–Trinajstić information content (AvgIpc) is 2.58. The molecule has 0 aromatic heterocycles. The van der Waals surface area contributed by atoms with Crippen molar-refractivity contribution in [2.24, 2.45) is 0 Å². The van der Waals surface area contributed by atoms with Gasteiger partial charge in [-0.25, -0.2) is 0 Å². The third-order valence-electron chi connectivity index (χ3n) is 3.08. The summed E-state index contributed by atoms with van der Waals surface area (Å²) in [6, 6.07) is 12.3. The Morgan fingerprint density at radius 1 is 0.960 bits per heavy atom. The van der Waals surface area contributed by atoms with Crippen molar-refractivity contribution < 1.29 is 27.5 Å². The number of amides is 1. The number of rotatable bonds is 6. The molecule has 0 aliphatic carbocycles. The highest BCUT2D eigenvalue weighted by Gasteiger charge is 2.27. The molecule has 0 fully saturated rings. The summed E-state index contributed by atoms with van der Waals surface area (Å²) in [5.41, 5.74) is 0.862. The number of ketones is 1. The molecule has 0 spiro atoms. The van der Waals surface area contributed by atoms with Gasteiger partial charge in [0, 0.05) is 16.1 Å². The number of carbonyl (C=O) groups is 2. The van der Waals surface area contributed by atoms with Gasteiger partial charge in [0.2, 0.25) is 0 Å². The van der Waals surface area contributed by atoms with Crippen molar-refractivity contribution in [1.29, 1.82) is 0 Å². The summed E-state index contributed by atoms with van der Waals surface area (Å²) in [4.78, 5) is 23.5. The number of carbonyl (C=O) groups excluding carboxylic acids is 2. The zero-order chi connectivity index (χ0) is 18.4. The highest BCUT2D eigenvalue weighted by atomic mass is 35.5. The number of alkyl halides is 3. The molecule has 1 N–H and O–H groups in total. The first kappa shape index (κ1) is 18.8. The van der Waals surface area contributed by atoms with Crippen molar-refractivity contribution in [3.63, 3.8) is 0 Å². The van der Waals surface area contributed by atoms with Crippen LogP contribution in [0.1, 0.15) is 15.9 Å². The van der Waals surface area contributed by atoms with Gasteiger partial charge in [0.1, 0.15) is 12.3 Å². The van der Waals surface area contributed by atoms with Crippen LogP contribution in [0.2, 0.25) is 5.02 Å². The molecule has 0 aliphatic heterocycles. The predicted molar refractivity (Wildman–Crippen MR) is 85.9 cm³/mol. The molecule has 0 saturated carbocycles. The van der Waals surface area contributed by atoms with E-state index in [2.05, 4.69) is 0 Å². The van der Waals surface area contributed by atoms with Gasteiger partial charge in [0.25, 0.3) is 5.91 Å². The van der Waals surface area contributed by atoms with E-state index in [1.807, 2.05) is 0 Å². The summed E-state index contributed by atoms with van der Waals surface area (Å²) in [6.45, 7) is -1.97. The van der Waals surface area contributed by atoms with E-state index in [0.29, 0.717) is 16.1 Å². The van der Waals surface area contributed by atoms with Crippen LogP contribution in [0.5, 0.6) is 5.75 Å². The molecular formula is C17H13ClF3NO3. The van der Waals surface area contributed by atoms with Crippen LogP contribution in [0.4, 0.5) is 13.2 Å². The summed E-state index contributed by atoms with van der Waals surface area (Å²) in [6.07, 6.45) is -4.47. The number of halogens is 4. The van der Waals surface area contributed by atoms with Gasteiger partial charge in [-0.1, -0.05) is 11.6 Å². The molecule has 0 atom stereocenters. The molecule has 4 nitrogen and oxygen atoms in total. The average molecular weight is 372 g/mol. The second kappa shape index (κ2) is 8.02. The van der Waals surface area contributed by atoms with Gasteiger partial charge in [0.15, 0.2) is 12.4 Å². The first-order valence-electron chi connectivity index (χ1n) is 7.11. The van der Waals surface area contributed by atoms with Crippen LogP contribution in [0, 0.1) is 0 Å². The molecule has 2 aromatic rings. The Morgan fingerprint density at radius 2 is 1.48 bits per heavy atom. The molecule has 2 aromatic carbocycles. The van der Waals surface area contributed by atoms with Crippen molar-refractivity contribution in [3.8, 4) is 5.75 Å². The number of ether oxygens (including phenoxy) is 1. The fourth-order valence-corrected chi connectivity index (χ4v) is 2.00. The molecule has 25 heavy (non-hydrogen) atoms. The third kappa shape index (κ3) is 6.11. The molecule has 0 bridgehead atoms. The molecule has 0 aliphatic rings. The summed E-state index contributed by atoms with van der Waals surface area (Å²) in [7, 11) is 0. The van der Waals surface area contributed by atoms with Gasteiger partial charge in [-0.15, -0.1) is 0 Å². The van der Waals surface area contributed by atoms with Gasteiger partial charge in [0.05, 0.1) is 0 Å². The van der Waals surface area contributed by atoms with Crippen LogP contribution in [-0.2, 0) is 4.79 Å². The second-order valence-corrected chi connectivity index (χ2v) is 5.48. The van der Waals surface area contributed by atoms with Crippen LogP contribution in [0.25, 0.3) is 0 Å². The summed E-state index contributed by atoms with van der Waals surface area (Å²) in [5, 5.41) is 2.21. The summed E-state index contributed by atoms with van der Waals surface area (Å²) >= 11 is 5.77. The SMILES string of the molecule is O=C(COc1ccc(C(=O)c2ccc(Cl)cc2)cc1)NCC(F)(F)F. The Kier molecular flexibility index (Phi) is 6.03. The van der Waals surface area contributed by atoms with E-state index in [1.165, 1.54) is 24.3 Å². The van der Waals surface area contributed by atoms with E-state index in [9.17, 15) is 22.8 Å². The Bertz CT molecular complexity index is 743. The lowest BCUT2D eigenvalue weighted by Crippen LogP contribution is -2.36. The normalized spacial score (nSPS) is 11.0. The fourth-order valence-electron chi connectivity index (χ4n) is 1.87. The van der Waals surface area contributed by atoms with Crippen molar-refractivity contribution in [2.45, 2.75) is 6.18 Å². The van der Waals surface area contributed by atoms with Crippen LogP contribution in [0.15, 0.2) is 48.5 Å². The molecule has 2 rings (SSSR count). The number of benzene rings is 2. The second-order valence-electron chi connectivity index (χ2n) is 5.04. The van der Waals surface area contributed by atoms with Crippen LogP contribution in [0.3, 0.4) is 0 Å². The largest absolute Gasteiger partial charge is 0.484 e. The molecule has 0 unspecified atom stereocenters. The third-order valence-corrected chi connectivity index (χ3v) is 3.33. The number of nitrogens with one attached hydrogen (secondary N) is 1. The highest BCUT2D eigenvalue weighted by molar-refractivity contribution is 6.30. The monoisotopic (exact) mass is 371 g/mol. The van der Waals surface area contributed by atoms with E-state index < -0.39 is 25.2 Å². The first-order chi connectivity index (χ1) is 11.7. The van der Waals surface area contributed by atoms with Crippen LogP contribution in [-0.4, -0.2) is 31.0 Å². The Balaban J connectivity index is 1.90. The minimum Gasteiger partial charge on any atom is -0.484 e. The van der Waals surface area contributed by atoms with E-state index in [1.54, 1.807) is 29.6 Å². The standard InChI is InChI=1S/C17H13ClF3NO3/c18-13-5-1-11(2-6-13)16(24)12-3-7-14(8-4-12)25-9-15(23)22-10-17(19,20)21/h1-8H,9-10H2,(H,22,23). The van der Waals surface area contributed by atoms with E-state index in [-0.39, 0.29) is 11.5 Å². The molecular weight excluding hydrogens is 359 g/mol. The van der Waals surface area contributed by atoms with Crippen molar-refractivity contribution >= 4 is 23.3 Å². The van der Waals surface area contributed by atoms with Crippen LogP contribution < -0.4 is 10.1 Å². The molecule has 8 heteroatoms. The zero-order valence-electron chi connectivity index (χ0n) is 12.8. The van der Waals surface area contributed by atoms with Crippen molar-refractivity contribution in [2.75, 3.05) is 13.2 Å². The quantitative estimate of drug-likeness (QED) is 0.789. The van der Waals surface area contributed by atoms with E-state index in [0.717, 1.165) is 0 Å². The van der Waals surface area contributed by atoms with Crippen molar-refractivity contribution in [3.05, 3.63) is 64.7 Å². The smallest absolute Gasteiger partial charge is 0.405 e. The van der Waals surface area contributed by atoms with Crippen LogP contribution >= 0.6 is 11.6 Å². The summed E-state index contributed by atoms with van der Waals surface area (Å²) < 4.78 is 41.0. The van der Waals surface area contributed by atoms with E-state index >= 15 is 0 Å². The number of hydrogen-bond acceptors (Lipinski definition) is 3. The molecule has 0 saturated heterocycles. The maximum atomic E-state index is 12.3. The molecule has 132 valence electrons. The maximum Gasteiger partial charge on any atom is 0.405 e. The minimum atomic E-state index is -4.47. The predicted octanol–water partition coefficient (Wildman–Crippen LogP) is 3.63. The highest BCUT2D eigenvalue weighted by Crippen LogP contribution is 2.17. The lowest BCUT2D eigenvalue weighted by Gasteiger charge is -2.09. The van der Waals surface area contributed by atoms with Gasteiger partial charge >= 0.3 is 6.18 Å². The molecule has 0 radical (unpaired) electrons. The summed E-state index contributed by atoms with van der Waals surface area (Å²) in [5.74, 6) is -0.848. The van der Waals surface area contributed by atoms with E-state index in [4.69, 9.17) is 16.3 Å². The Hall–Kier alpha value is -2.54. The van der Waals surface area contributed by atoms with Crippen molar-refractivity contribution in [1.82, 2.24) is 5.32 Å². The Morgan fingerprint density at radius 3 is 2.00 bits per heavy atom. The fraction of sp³-hybridized carbons (Fsp3) is 0.176. The topological polar surface area (TPSA) is 55.4 Å². The van der Waals surface area contributed by atoms with Gasteiger partial charge in [-0.05, 0) is 48.5 Å². The lowest BCUT2D eigenvalue weighted by atomic mass is 10.0. The minimum absolute atomic E-state index is 0.217. The van der Waals surface area contributed by atoms with Gasteiger partial charge in [-0.3, -0.25) is 9.59 Å². The first-order valence-corrected chi connectivity index (χ1v) is 7.49. The Labute approximate surface area is 146 Å². The number of hydrogen-bond donors (Lipinski definition) is 1. The van der Waals surface area contributed by atoms with Gasteiger partial charge in [-0.2, -0.15) is 13.2 Å². The van der Waals surface area contributed by atoms with Gasteiger partial charge < -0.3 is 10.1 Å². The zero-order valence-corrected chi connectivity index (χ0v) is 13.5. The maximum absolute atomic E-state index is 12.3. The molecule has 0 heterocycles.